The van der Waals surface area contributed by atoms with Crippen molar-refractivity contribution >= 4 is 38.9 Å². The molecule has 2 aliphatic rings. The van der Waals surface area contributed by atoms with E-state index in [2.05, 4.69) is 4.72 Å². The van der Waals surface area contributed by atoms with Crippen LogP contribution in [0.1, 0.15) is 36.0 Å². The minimum Gasteiger partial charge on any atom is -0.480 e. The topological polar surface area (TPSA) is 104 Å². The van der Waals surface area contributed by atoms with E-state index in [1.807, 2.05) is 0 Å². The predicted octanol–water partition coefficient (Wildman–Crippen LogP) is 4.41. The van der Waals surface area contributed by atoms with Crippen molar-refractivity contribution in [3.63, 3.8) is 0 Å². The largest absolute Gasteiger partial charge is 0.480 e. The molecule has 0 spiro atoms. The maximum Gasteiger partial charge on any atom is 0.325 e. The standard InChI is InChI=1S/C23H20ClNO5S2/c24-14-7-5-13(6-8-14)19-11-12-20(31-19)32(29,30)25-23(22(27)28)17-9-10-18(26)15-3-1-2-4-16(15)21(17)23/h1-8,11-12,17-18,21,25-26H,9-10H2,(H,27,28). The second-order valence-corrected chi connectivity index (χ2v) is 11.6. The van der Waals surface area contributed by atoms with Crippen LogP contribution >= 0.6 is 22.9 Å². The van der Waals surface area contributed by atoms with E-state index in [0.717, 1.165) is 21.8 Å². The number of hydrogen-bond acceptors (Lipinski definition) is 5. The summed E-state index contributed by atoms with van der Waals surface area (Å²) < 4.78 is 29.1. The Labute approximate surface area is 194 Å². The molecule has 4 atom stereocenters. The molecule has 0 bridgehead atoms. The van der Waals surface area contributed by atoms with Gasteiger partial charge in [0, 0.05) is 15.8 Å². The van der Waals surface area contributed by atoms with Gasteiger partial charge in [-0.15, -0.1) is 11.3 Å². The zero-order valence-electron chi connectivity index (χ0n) is 16.7. The second kappa shape index (κ2) is 7.67. The van der Waals surface area contributed by atoms with Gasteiger partial charge in [-0.3, -0.25) is 4.79 Å². The van der Waals surface area contributed by atoms with Gasteiger partial charge in [-0.1, -0.05) is 48.0 Å². The van der Waals surface area contributed by atoms with Crippen molar-refractivity contribution in [2.24, 2.45) is 5.92 Å². The van der Waals surface area contributed by atoms with Crippen molar-refractivity contribution in [1.82, 2.24) is 4.72 Å². The molecule has 2 aromatic carbocycles. The van der Waals surface area contributed by atoms with Gasteiger partial charge < -0.3 is 10.2 Å². The summed E-state index contributed by atoms with van der Waals surface area (Å²) in [5.74, 6) is -2.15. The number of nitrogens with one attached hydrogen (secondary N) is 1. The minimum absolute atomic E-state index is 0.0536. The molecule has 6 nitrogen and oxygen atoms in total. The Hall–Kier alpha value is -2.23. The van der Waals surface area contributed by atoms with Crippen molar-refractivity contribution in [3.8, 4) is 10.4 Å². The molecule has 2 aliphatic carbocycles. The van der Waals surface area contributed by atoms with Crippen LogP contribution < -0.4 is 4.72 Å². The van der Waals surface area contributed by atoms with Crippen LogP contribution in [0.25, 0.3) is 10.4 Å². The molecule has 5 rings (SSSR count). The van der Waals surface area contributed by atoms with E-state index < -0.39 is 39.5 Å². The quantitative estimate of drug-likeness (QED) is 0.492. The van der Waals surface area contributed by atoms with E-state index >= 15 is 0 Å². The molecule has 3 aromatic rings. The number of thiophene rings is 1. The molecular weight excluding hydrogens is 470 g/mol. The molecular formula is C23H20ClNO5S2. The Morgan fingerprint density at radius 3 is 2.41 bits per heavy atom. The van der Waals surface area contributed by atoms with Crippen LogP contribution in [0.3, 0.4) is 0 Å². The normalized spacial score (nSPS) is 26.6. The van der Waals surface area contributed by atoms with Gasteiger partial charge >= 0.3 is 5.97 Å². The van der Waals surface area contributed by atoms with Gasteiger partial charge in [0.2, 0.25) is 0 Å². The lowest BCUT2D eigenvalue weighted by Crippen LogP contribution is -2.46. The fourth-order valence-electron chi connectivity index (χ4n) is 4.89. The van der Waals surface area contributed by atoms with Crippen LogP contribution in [0.4, 0.5) is 0 Å². The zero-order chi connectivity index (χ0) is 22.7. The lowest BCUT2D eigenvalue weighted by molar-refractivity contribution is -0.140. The summed E-state index contributed by atoms with van der Waals surface area (Å²) in [4.78, 5) is 13.2. The molecule has 166 valence electrons. The highest BCUT2D eigenvalue weighted by Crippen LogP contribution is 2.63. The Morgan fingerprint density at radius 1 is 1.03 bits per heavy atom. The fraction of sp³-hybridized carbons (Fsp3) is 0.261. The number of fused-ring (bicyclic) bond motifs is 3. The van der Waals surface area contributed by atoms with Gasteiger partial charge in [0.25, 0.3) is 10.0 Å². The van der Waals surface area contributed by atoms with Crippen molar-refractivity contribution in [2.45, 2.75) is 34.6 Å². The highest BCUT2D eigenvalue weighted by atomic mass is 35.5. The number of carboxylic acid groups (broad SMARTS) is 1. The van der Waals surface area contributed by atoms with Crippen LogP contribution in [0.15, 0.2) is 64.9 Å². The third-order valence-corrected chi connectivity index (χ3v) is 9.80. The molecule has 9 heteroatoms. The van der Waals surface area contributed by atoms with E-state index in [-0.39, 0.29) is 4.21 Å². The molecule has 32 heavy (non-hydrogen) atoms. The monoisotopic (exact) mass is 489 g/mol. The third-order valence-electron chi connectivity index (χ3n) is 6.44. The maximum absolute atomic E-state index is 13.3. The highest BCUT2D eigenvalue weighted by molar-refractivity contribution is 7.91. The summed E-state index contributed by atoms with van der Waals surface area (Å²) in [6.07, 6.45) is 0.117. The second-order valence-electron chi connectivity index (χ2n) is 8.21. The van der Waals surface area contributed by atoms with Crippen molar-refractivity contribution < 1.29 is 23.4 Å². The minimum atomic E-state index is -4.08. The first-order chi connectivity index (χ1) is 15.2. The predicted molar refractivity (Wildman–Crippen MR) is 122 cm³/mol. The van der Waals surface area contributed by atoms with Gasteiger partial charge in [0.15, 0.2) is 0 Å². The van der Waals surface area contributed by atoms with Gasteiger partial charge in [0.1, 0.15) is 9.75 Å². The first kappa shape index (κ1) is 21.6. The number of rotatable bonds is 5. The molecule has 1 fully saturated rings. The first-order valence-corrected chi connectivity index (χ1v) is 12.8. The van der Waals surface area contributed by atoms with Crippen LogP contribution in [0.5, 0.6) is 0 Å². The average molecular weight is 490 g/mol. The molecule has 1 saturated carbocycles. The average Bonchev–Trinajstić information content (AvgIpc) is 3.15. The molecule has 0 radical (unpaired) electrons. The molecule has 0 amide bonds. The lowest BCUT2D eigenvalue weighted by atomic mass is 9.95. The molecule has 3 N–H and O–H groups in total. The third kappa shape index (κ3) is 3.38. The number of carbonyl (C=O) groups is 1. The number of sulfonamides is 1. The Kier molecular flexibility index (Phi) is 5.18. The Balaban J connectivity index is 1.49. The Bertz CT molecular complexity index is 1300. The number of aliphatic carboxylic acids is 1. The number of halogens is 1. The summed E-state index contributed by atoms with van der Waals surface area (Å²) >= 11 is 7.00. The number of aliphatic hydroxyl groups is 1. The van der Waals surface area contributed by atoms with Crippen molar-refractivity contribution in [3.05, 3.63) is 76.8 Å². The van der Waals surface area contributed by atoms with Gasteiger partial charge in [0.05, 0.1) is 6.10 Å². The van der Waals surface area contributed by atoms with Crippen molar-refractivity contribution in [2.75, 3.05) is 0 Å². The van der Waals surface area contributed by atoms with Gasteiger partial charge in [-0.2, -0.15) is 4.72 Å². The number of hydrogen-bond donors (Lipinski definition) is 3. The zero-order valence-corrected chi connectivity index (χ0v) is 19.1. The maximum atomic E-state index is 13.3. The molecule has 1 aromatic heterocycles. The summed E-state index contributed by atoms with van der Waals surface area (Å²) in [5.41, 5.74) is 0.567. The molecule has 4 unspecified atom stereocenters. The SMILES string of the molecule is O=C(O)C1(NS(=O)(=O)c2ccc(-c3ccc(Cl)cc3)s2)C2CCC(O)c3ccccc3C21. The lowest BCUT2D eigenvalue weighted by Gasteiger charge is -2.20. The van der Waals surface area contributed by atoms with Crippen LogP contribution in [-0.2, 0) is 14.8 Å². The van der Waals surface area contributed by atoms with Gasteiger partial charge in [-0.25, -0.2) is 8.42 Å². The van der Waals surface area contributed by atoms with Crippen LogP contribution in [-0.4, -0.2) is 30.1 Å². The van der Waals surface area contributed by atoms with Gasteiger partial charge in [-0.05, 0) is 59.7 Å². The summed E-state index contributed by atoms with van der Waals surface area (Å²) in [6.45, 7) is 0. The van der Waals surface area contributed by atoms with E-state index in [1.54, 1.807) is 54.6 Å². The van der Waals surface area contributed by atoms with E-state index in [9.17, 15) is 23.4 Å². The van der Waals surface area contributed by atoms with Crippen molar-refractivity contribution in [1.29, 1.82) is 0 Å². The summed E-state index contributed by atoms with van der Waals surface area (Å²) in [7, 11) is -4.08. The van der Waals surface area contributed by atoms with E-state index in [0.29, 0.717) is 29.0 Å². The fourth-order valence-corrected chi connectivity index (χ4v) is 7.75. The van der Waals surface area contributed by atoms with Crippen LogP contribution in [0.2, 0.25) is 5.02 Å². The number of aliphatic hydroxyl groups excluding tert-OH is 1. The van der Waals surface area contributed by atoms with E-state index in [4.69, 9.17) is 11.6 Å². The molecule has 0 saturated heterocycles. The Morgan fingerprint density at radius 2 is 1.72 bits per heavy atom. The van der Waals surface area contributed by atoms with E-state index in [1.165, 1.54) is 6.07 Å². The molecule has 1 heterocycles. The summed E-state index contributed by atoms with van der Waals surface area (Å²) in [5, 5.41) is 21.2. The number of benzene rings is 2. The highest BCUT2D eigenvalue weighted by Gasteiger charge is 2.72. The van der Waals surface area contributed by atoms with Crippen LogP contribution in [0, 0.1) is 5.92 Å². The smallest absolute Gasteiger partial charge is 0.325 e. The number of carboxylic acids is 1. The molecule has 0 aliphatic heterocycles. The first-order valence-electron chi connectivity index (χ1n) is 10.1. The summed E-state index contributed by atoms with van der Waals surface area (Å²) in [6, 6.07) is 17.4.